The normalized spacial score (nSPS) is 18.4. The number of hydrogen-bond acceptors (Lipinski definition) is 4. The lowest BCUT2D eigenvalue weighted by atomic mass is 9.97. The van der Waals surface area contributed by atoms with Gasteiger partial charge in [-0.05, 0) is 30.0 Å². The third-order valence-electron chi connectivity index (χ3n) is 3.98. The summed E-state index contributed by atoms with van der Waals surface area (Å²) in [6.45, 7) is 3.44. The van der Waals surface area contributed by atoms with Crippen molar-refractivity contribution >= 4 is 23.7 Å². The van der Waals surface area contributed by atoms with Gasteiger partial charge in [-0.2, -0.15) is 0 Å². The van der Waals surface area contributed by atoms with Crippen LogP contribution in [-0.4, -0.2) is 34.8 Å². The third kappa shape index (κ3) is 4.18. The first kappa shape index (κ1) is 17.7. The molecule has 0 aliphatic carbocycles. The van der Waals surface area contributed by atoms with Crippen LogP contribution in [0.2, 0.25) is 0 Å². The van der Waals surface area contributed by atoms with Gasteiger partial charge in [-0.25, -0.2) is 4.79 Å². The van der Waals surface area contributed by atoms with Gasteiger partial charge < -0.3 is 10.4 Å². The van der Waals surface area contributed by atoms with Crippen LogP contribution in [0.25, 0.3) is 0 Å². The highest BCUT2D eigenvalue weighted by atomic mass is 16.4. The molecule has 0 saturated carbocycles. The van der Waals surface area contributed by atoms with Crippen LogP contribution >= 0.6 is 0 Å². The van der Waals surface area contributed by atoms with E-state index in [4.69, 9.17) is 5.11 Å². The smallest absolute Gasteiger partial charge is 0.326 e. The second kappa shape index (κ2) is 7.25. The van der Waals surface area contributed by atoms with Crippen LogP contribution in [0.5, 0.6) is 0 Å². The van der Waals surface area contributed by atoms with E-state index < -0.39 is 17.9 Å². The van der Waals surface area contributed by atoms with Gasteiger partial charge in [0.15, 0.2) is 0 Å². The molecule has 24 heavy (non-hydrogen) atoms. The summed E-state index contributed by atoms with van der Waals surface area (Å²) >= 11 is 0. The molecule has 0 bridgehead atoms. The van der Waals surface area contributed by atoms with E-state index in [1.165, 1.54) is 0 Å². The Morgan fingerprint density at radius 1 is 1.25 bits per heavy atom. The fourth-order valence-electron chi connectivity index (χ4n) is 2.59. The third-order valence-corrected chi connectivity index (χ3v) is 3.98. The van der Waals surface area contributed by atoms with Crippen molar-refractivity contribution in [2.75, 3.05) is 0 Å². The van der Waals surface area contributed by atoms with Gasteiger partial charge in [0.25, 0.3) is 5.91 Å². The minimum Gasteiger partial charge on any atom is -0.480 e. The Bertz CT molecular complexity index is 666. The summed E-state index contributed by atoms with van der Waals surface area (Å²) in [5.41, 5.74) is 1.18. The fourth-order valence-corrected chi connectivity index (χ4v) is 2.59. The number of rotatable bonds is 6. The molecule has 0 radical (unpaired) electrons. The van der Waals surface area contributed by atoms with Gasteiger partial charge in [-0.3, -0.25) is 19.7 Å². The molecule has 2 rings (SSSR count). The average Bonchev–Trinajstić information content (AvgIpc) is 2.82. The Kier molecular flexibility index (Phi) is 5.33. The number of imide groups is 1. The number of carbonyl (C=O) groups is 4. The van der Waals surface area contributed by atoms with Crippen molar-refractivity contribution < 1.29 is 24.3 Å². The molecule has 1 fully saturated rings. The Morgan fingerprint density at radius 2 is 1.88 bits per heavy atom. The molecule has 1 heterocycles. The fraction of sp³-hybridized carbons (Fsp3) is 0.412. The van der Waals surface area contributed by atoms with E-state index >= 15 is 0 Å². The van der Waals surface area contributed by atoms with Crippen LogP contribution in [0, 0.1) is 11.8 Å². The molecule has 0 aromatic heterocycles. The molecular formula is C17H20N2O5. The molecule has 3 amide bonds. The molecule has 1 aliphatic heterocycles. The Morgan fingerprint density at radius 3 is 2.33 bits per heavy atom. The standard InChI is InChI=1S/C17H20N2O5/c1-9(2)14(17(23)24)19-15(21)11-5-3-10(4-6-11)7-12-8-13(20)18-16(12)22/h3-6,9,12,14H,7-8H2,1-2H3,(H,19,21)(H,23,24)(H,18,20,22)/t12?,14-/m1/s1. The zero-order chi connectivity index (χ0) is 17.9. The van der Waals surface area contributed by atoms with Crippen LogP contribution in [0.4, 0.5) is 0 Å². The van der Waals surface area contributed by atoms with E-state index in [9.17, 15) is 19.2 Å². The first-order chi connectivity index (χ1) is 11.3. The van der Waals surface area contributed by atoms with E-state index in [0.29, 0.717) is 12.0 Å². The molecular weight excluding hydrogens is 312 g/mol. The molecule has 1 unspecified atom stereocenters. The summed E-state index contributed by atoms with van der Waals surface area (Å²) in [5, 5.41) is 13.9. The minimum atomic E-state index is -1.08. The Labute approximate surface area is 139 Å². The average molecular weight is 332 g/mol. The predicted molar refractivity (Wildman–Crippen MR) is 85.1 cm³/mol. The number of hydrogen-bond donors (Lipinski definition) is 3. The summed E-state index contributed by atoms with van der Waals surface area (Å²) in [4.78, 5) is 46.0. The second-order valence-corrected chi connectivity index (χ2v) is 6.25. The van der Waals surface area contributed by atoms with Crippen molar-refractivity contribution in [2.24, 2.45) is 11.8 Å². The van der Waals surface area contributed by atoms with Crippen molar-refractivity contribution in [2.45, 2.75) is 32.7 Å². The number of aliphatic carboxylic acids is 1. The maximum atomic E-state index is 12.1. The largest absolute Gasteiger partial charge is 0.480 e. The van der Waals surface area contributed by atoms with E-state index in [-0.39, 0.29) is 30.1 Å². The van der Waals surface area contributed by atoms with Gasteiger partial charge in [-0.1, -0.05) is 26.0 Å². The highest BCUT2D eigenvalue weighted by molar-refractivity contribution is 6.03. The van der Waals surface area contributed by atoms with Gasteiger partial charge in [0, 0.05) is 12.0 Å². The van der Waals surface area contributed by atoms with E-state index in [1.807, 2.05) is 0 Å². The Balaban J connectivity index is 2.01. The van der Waals surface area contributed by atoms with Crippen LogP contribution in [-0.2, 0) is 20.8 Å². The van der Waals surface area contributed by atoms with Crippen LogP contribution in [0.1, 0.15) is 36.2 Å². The number of benzene rings is 1. The van der Waals surface area contributed by atoms with Crippen LogP contribution in [0.3, 0.4) is 0 Å². The monoisotopic (exact) mass is 332 g/mol. The quantitative estimate of drug-likeness (QED) is 0.665. The first-order valence-electron chi connectivity index (χ1n) is 7.74. The Hall–Kier alpha value is -2.70. The summed E-state index contributed by atoms with van der Waals surface area (Å²) < 4.78 is 0. The lowest BCUT2D eigenvalue weighted by Crippen LogP contribution is -2.44. The topological polar surface area (TPSA) is 113 Å². The zero-order valence-corrected chi connectivity index (χ0v) is 13.5. The van der Waals surface area contributed by atoms with Gasteiger partial charge in [-0.15, -0.1) is 0 Å². The van der Waals surface area contributed by atoms with Gasteiger partial charge in [0.1, 0.15) is 6.04 Å². The minimum absolute atomic E-state index is 0.176. The van der Waals surface area contributed by atoms with Crippen molar-refractivity contribution in [3.63, 3.8) is 0 Å². The molecule has 1 aliphatic rings. The van der Waals surface area contributed by atoms with E-state index in [1.54, 1.807) is 38.1 Å². The molecule has 7 nitrogen and oxygen atoms in total. The molecule has 1 aromatic rings. The molecule has 1 saturated heterocycles. The molecule has 7 heteroatoms. The van der Waals surface area contributed by atoms with Crippen LogP contribution in [0.15, 0.2) is 24.3 Å². The van der Waals surface area contributed by atoms with E-state index in [0.717, 1.165) is 5.56 Å². The lowest BCUT2D eigenvalue weighted by molar-refractivity contribution is -0.140. The summed E-state index contributed by atoms with van der Waals surface area (Å²) in [7, 11) is 0. The maximum Gasteiger partial charge on any atom is 0.326 e. The number of carboxylic acid groups (broad SMARTS) is 1. The predicted octanol–water partition coefficient (Wildman–Crippen LogP) is 0.731. The number of amides is 3. The maximum absolute atomic E-state index is 12.1. The molecule has 128 valence electrons. The molecule has 3 N–H and O–H groups in total. The molecule has 1 aromatic carbocycles. The summed E-state index contributed by atoms with van der Waals surface area (Å²) in [6.07, 6.45) is 0.596. The van der Waals surface area contributed by atoms with Gasteiger partial charge >= 0.3 is 5.97 Å². The summed E-state index contributed by atoms with van der Waals surface area (Å²) in [5.74, 6) is -2.69. The summed E-state index contributed by atoms with van der Waals surface area (Å²) in [6, 6.07) is 5.62. The zero-order valence-electron chi connectivity index (χ0n) is 13.5. The van der Waals surface area contributed by atoms with Gasteiger partial charge in [0.05, 0.1) is 5.92 Å². The van der Waals surface area contributed by atoms with Crippen molar-refractivity contribution in [1.82, 2.24) is 10.6 Å². The van der Waals surface area contributed by atoms with Crippen molar-refractivity contribution in [3.05, 3.63) is 35.4 Å². The van der Waals surface area contributed by atoms with Crippen LogP contribution < -0.4 is 10.6 Å². The van der Waals surface area contributed by atoms with E-state index in [2.05, 4.69) is 10.6 Å². The highest BCUT2D eigenvalue weighted by Gasteiger charge is 2.30. The van der Waals surface area contributed by atoms with Crippen molar-refractivity contribution in [3.8, 4) is 0 Å². The second-order valence-electron chi connectivity index (χ2n) is 6.25. The van der Waals surface area contributed by atoms with Crippen molar-refractivity contribution in [1.29, 1.82) is 0 Å². The first-order valence-corrected chi connectivity index (χ1v) is 7.74. The number of carbonyl (C=O) groups excluding carboxylic acids is 3. The van der Waals surface area contributed by atoms with Gasteiger partial charge in [0.2, 0.25) is 11.8 Å². The number of carboxylic acids is 1. The number of nitrogens with one attached hydrogen (secondary N) is 2. The lowest BCUT2D eigenvalue weighted by Gasteiger charge is -2.18. The molecule has 0 spiro atoms. The highest BCUT2D eigenvalue weighted by Crippen LogP contribution is 2.18. The SMILES string of the molecule is CC(C)[C@@H](NC(=O)c1ccc(CC2CC(=O)NC2=O)cc1)C(=O)O. The molecule has 2 atom stereocenters.